The van der Waals surface area contributed by atoms with Crippen molar-refractivity contribution >= 4 is 0 Å². The van der Waals surface area contributed by atoms with E-state index in [4.69, 9.17) is 5.73 Å². The summed E-state index contributed by atoms with van der Waals surface area (Å²) in [4.78, 5) is 4.98. The van der Waals surface area contributed by atoms with Gasteiger partial charge in [0.1, 0.15) is 0 Å². The first kappa shape index (κ1) is 16.5. The van der Waals surface area contributed by atoms with Crippen molar-refractivity contribution in [2.45, 2.75) is 51.2 Å². The molecule has 0 spiro atoms. The molecule has 0 amide bonds. The number of likely N-dealkylation sites (tertiary alicyclic amines) is 1. The largest absolute Gasteiger partial charge is 0.326 e. The van der Waals surface area contributed by atoms with Crippen molar-refractivity contribution in [2.75, 3.05) is 27.2 Å². The van der Waals surface area contributed by atoms with Crippen molar-refractivity contribution in [1.82, 2.24) is 9.80 Å². The molecule has 0 aromatic heterocycles. The number of piperidine rings is 1. The average molecular weight is 289 g/mol. The molecule has 2 N–H and O–H groups in total. The third-order valence-corrected chi connectivity index (χ3v) is 4.94. The number of hydrogen-bond acceptors (Lipinski definition) is 3. The summed E-state index contributed by atoms with van der Waals surface area (Å²) in [5.41, 5.74) is 9.28. The number of hydrogen-bond donors (Lipinski definition) is 1. The summed E-state index contributed by atoms with van der Waals surface area (Å²) in [6, 6.07) is 9.92. The minimum atomic E-state index is 0.201. The second-order valence-corrected chi connectivity index (χ2v) is 6.63. The lowest BCUT2D eigenvalue weighted by molar-refractivity contribution is 0.0829. The molecular weight excluding hydrogens is 258 g/mol. The fourth-order valence-electron chi connectivity index (χ4n) is 3.50. The number of rotatable bonds is 5. The van der Waals surface area contributed by atoms with Crippen LogP contribution in [-0.2, 0) is 0 Å². The van der Waals surface area contributed by atoms with Crippen LogP contribution in [0.3, 0.4) is 0 Å². The van der Waals surface area contributed by atoms with Gasteiger partial charge in [0.2, 0.25) is 0 Å². The van der Waals surface area contributed by atoms with Gasteiger partial charge in [-0.25, -0.2) is 0 Å². The van der Waals surface area contributed by atoms with Crippen molar-refractivity contribution in [3.63, 3.8) is 0 Å². The Hall–Kier alpha value is -0.900. The Labute approximate surface area is 130 Å². The van der Waals surface area contributed by atoms with Crippen LogP contribution in [0.1, 0.15) is 43.4 Å². The zero-order valence-corrected chi connectivity index (χ0v) is 14.0. The normalized spacial score (nSPS) is 23.2. The van der Waals surface area contributed by atoms with Crippen molar-refractivity contribution in [2.24, 2.45) is 5.73 Å². The molecule has 118 valence electrons. The van der Waals surface area contributed by atoms with E-state index >= 15 is 0 Å². The summed E-state index contributed by atoms with van der Waals surface area (Å²) in [6.45, 7) is 6.69. The summed E-state index contributed by atoms with van der Waals surface area (Å²) in [7, 11) is 4.38. The van der Waals surface area contributed by atoms with E-state index in [9.17, 15) is 0 Å². The highest BCUT2D eigenvalue weighted by Crippen LogP contribution is 2.30. The molecule has 0 aliphatic carbocycles. The Morgan fingerprint density at radius 1 is 1.33 bits per heavy atom. The van der Waals surface area contributed by atoms with Gasteiger partial charge in [0.05, 0.1) is 6.04 Å². The molecule has 0 saturated carbocycles. The van der Waals surface area contributed by atoms with Gasteiger partial charge in [0.25, 0.3) is 0 Å². The summed E-state index contributed by atoms with van der Waals surface area (Å²) >= 11 is 0. The standard InChI is InChI=1S/C18H31N3/c1-5-17(19)18(16-11-7-6-9-14(16)2)21-12-8-10-15(13-21)20(3)4/h6-7,9,11,15,17-18H,5,8,10,12-13,19H2,1-4H3. The number of nitrogens with two attached hydrogens (primary N) is 1. The Balaban J connectivity index is 2.26. The van der Waals surface area contributed by atoms with E-state index in [1.54, 1.807) is 0 Å². The first-order valence-electron chi connectivity index (χ1n) is 8.26. The second kappa shape index (κ2) is 7.39. The molecule has 3 nitrogen and oxygen atoms in total. The van der Waals surface area contributed by atoms with Gasteiger partial charge in [0, 0.05) is 18.6 Å². The molecule has 1 aromatic carbocycles. The predicted octanol–water partition coefficient (Wildman–Crippen LogP) is 2.80. The number of aryl methyl sites for hydroxylation is 1. The van der Waals surface area contributed by atoms with Gasteiger partial charge in [-0.2, -0.15) is 0 Å². The van der Waals surface area contributed by atoms with Crippen LogP contribution < -0.4 is 5.73 Å². The van der Waals surface area contributed by atoms with Gasteiger partial charge in [-0.05, 0) is 58.0 Å². The minimum absolute atomic E-state index is 0.201. The van der Waals surface area contributed by atoms with E-state index in [2.05, 4.69) is 62.0 Å². The molecule has 1 fully saturated rings. The summed E-state index contributed by atoms with van der Waals surface area (Å²) in [5.74, 6) is 0. The van der Waals surface area contributed by atoms with Crippen LogP contribution in [0.25, 0.3) is 0 Å². The first-order valence-corrected chi connectivity index (χ1v) is 8.26. The van der Waals surface area contributed by atoms with E-state index in [0.29, 0.717) is 12.1 Å². The summed E-state index contributed by atoms with van der Waals surface area (Å²) in [6.07, 6.45) is 3.58. The van der Waals surface area contributed by atoms with E-state index in [-0.39, 0.29) is 6.04 Å². The maximum absolute atomic E-state index is 6.52. The second-order valence-electron chi connectivity index (χ2n) is 6.63. The van der Waals surface area contributed by atoms with Gasteiger partial charge < -0.3 is 10.6 Å². The minimum Gasteiger partial charge on any atom is -0.326 e. The van der Waals surface area contributed by atoms with E-state index in [1.807, 2.05) is 0 Å². The maximum Gasteiger partial charge on any atom is 0.0502 e. The van der Waals surface area contributed by atoms with Gasteiger partial charge >= 0.3 is 0 Å². The molecular formula is C18H31N3. The molecule has 1 aliphatic heterocycles. The number of nitrogens with zero attached hydrogens (tertiary/aromatic N) is 2. The quantitative estimate of drug-likeness (QED) is 0.904. The first-order chi connectivity index (χ1) is 10.0. The Morgan fingerprint density at radius 3 is 2.67 bits per heavy atom. The average Bonchev–Trinajstić information content (AvgIpc) is 2.49. The van der Waals surface area contributed by atoms with Crippen molar-refractivity contribution in [1.29, 1.82) is 0 Å². The molecule has 0 radical (unpaired) electrons. The molecule has 1 saturated heterocycles. The molecule has 3 unspecified atom stereocenters. The van der Waals surface area contributed by atoms with Gasteiger partial charge in [-0.15, -0.1) is 0 Å². The monoisotopic (exact) mass is 289 g/mol. The van der Waals surface area contributed by atoms with Crippen LogP contribution in [0.4, 0.5) is 0 Å². The molecule has 2 rings (SSSR count). The van der Waals surface area contributed by atoms with Crippen LogP contribution in [0.5, 0.6) is 0 Å². The fourth-order valence-corrected chi connectivity index (χ4v) is 3.50. The molecule has 0 bridgehead atoms. The van der Waals surface area contributed by atoms with E-state index < -0.39 is 0 Å². The zero-order valence-electron chi connectivity index (χ0n) is 14.0. The molecule has 3 heteroatoms. The molecule has 3 atom stereocenters. The highest BCUT2D eigenvalue weighted by atomic mass is 15.2. The lowest BCUT2D eigenvalue weighted by Gasteiger charge is -2.43. The van der Waals surface area contributed by atoms with Crippen molar-refractivity contribution < 1.29 is 0 Å². The smallest absolute Gasteiger partial charge is 0.0502 e. The van der Waals surface area contributed by atoms with Crippen LogP contribution in [0.2, 0.25) is 0 Å². The molecule has 1 heterocycles. The highest BCUT2D eigenvalue weighted by molar-refractivity contribution is 5.30. The van der Waals surface area contributed by atoms with Crippen LogP contribution in [-0.4, -0.2) is 49.1 Å². The molecule has 1 aliphatic rings. The topological polar surface area (TPSA) is 32.5 Å². The lowest BCUT2D eigenvalue weighted by Crippen LogP contribution is -2.50. The Kier molecular flexibility index (Phi) is 5.80. The Morgan fingerprint density at radius 2 is 2.05 bits per heavy atom. The van der Waals surface area contributed by atoms with Crippen LogP contribution in [0.15, 0.2) is 24.3 Å². The van der Waals surface area contributed by atoms with Gasteiger partial charge in [0.15, 0.2) is 0 Å². The third-order valence-electron chi connectivity index (χ3n) is 4.94. The third kappa shape index (κ3) is 3.85. The summed E-state index contributed by atoms with van der Waals surface area (Å²) < 4.78 is 0. The zero-order chi connectivity index (χ0) is 15.4. The number of benzene rings is 1. The number of likely N-dealkylation sites (N-methyl/N-ethyl adjacent to an activating group) is 1. The van der Waals surface area contributed by atoms with Crippen molar-refractivity contribution in [3.05, 3.63) is 35.4 Å². The van der Waals surface area contributed by atoms with Crippen molar-refractivity contribution in [3.8, 4) is 0 Å². The van der Waals surface area contributed by atoms with Gasteiger partial charge in [-0.3, -0.25) is 4.90 Å². The highest BCUT2D eigenvalue weighted by Gasteiger charge is 2.31. The summed E-state index contributed by atoms with van der Waals surface area (Å²) in [5, 5.41) is 0. The fraction of sp³-hybridized carbons (Fsp3) is 0.667. The van der Waals surface area contributed by atoms with E-state index in [1.165, 1.54) is 24.0 Å². The molecule has 21 heavy (non-hydrogen) atoms. The predicted molar refractivity (Wildman–Crippen MR) is 90.5 cm³/mol. The SMILES string of the molecule is CCC(N)C(c1ccccc1C)N1CCCC(N(C)C)C1. The Bertz CT molecular complexity index is 444. The van der Waals surface area contributed by atoms with Crippen LogP contribution in [0, 0.1) is 6.92 Å². The van der Waals surface area contributed by atoms with Gasteiger partial charge in [-0.1, -0.05) is 31.2 Å². The lowest BCUT2D eigenvalue weighted by atomic mass is 9.90. The maximum atomic E-state index is 6.52. The van der Waals surface area contributed by atoms with Crippen LogP contribution >= 0.6 is 0 Å². The molecule has 1 aromatic rings. The van der Waals surface area contributed by atoms with E-state index in [0.717, 1.165) is 19.5 Å².